The van der Waals surface area contributed by atoms with Crippen LogP contribution in [0.15, 0.2) is 70.0 Å². The second kappa shape index (κ2) is 10.7. The first-order valence-corrected chi connectivity index (χ1v) is 14.0. The summed E-state index contributed by atoms with van der Waals surface area (Å²) in [6.07, 6.45) is 3.19. The lowest BCUT2D eigenvalue weighted by Crippen LogP contribution is -2.28. The van der Waals surface area contributed by atoms with E-state index in [4.69, 9.17) is 0 Å². The lowest BCUT2D eigenvalue weighted by Gasteiger charge is -2.17. The largest absolute Gasteiger partial charge is 0.280 e. The standard InChI is InChI=1S/C24H23FN4O3S3/c1-3-4-13-28(2)35(31,32)20-10-7-17(8-11-20)23(30)29(26-16-19-6-5-14-33-19)24-27-21-12-9-18(25)15-22(21)34-24/h5-12,14-16H,3-4,13H2,1-2H3/b26-16+. The summed E-state index contributed by atoms with van der Waals surface area (Å²) in [4.78, 5) is 18.8. The highest BCUT2D eigenvalue weighted by Gasteiger charge is 2.24. The van der Waals surface area contributed by atoms with Crippen molar-refractivity contribution in [3.05, 3.63) is 76.2 Å². The summed E-state index contributed by atoms with van der Waals surface area (Å²) in [6, 6.07) is 13.7. The van der Waals surface area contributed by atoms with Gasteiger partial charge in [-0.25, -0.2) is 22.1 Å². The highest BCUT2D eigenvalue weighted by atomic mass is 32.2. The van der Waals surface area contributed by atoms with Crippen molar-refractivity contribution in [3.8, 4) is 0 Å². The molecule has 0 atom stereocenters. The number of aromatic nitrogens is 1. The topological polar surface area (TPSA) is 82.9 Å². The number of thiophene rings is 1. The van der Waals surface area contributed by atoms with Gasteiger partial charge in [-0.3, -0.25) is 4.79 Å². The van der Waals surface area contributed by atoms with E-state index in [-0.39, 0.29) is 15.6 Å². The Labute approximate surface area is 211 Å². The van der Waals surface area contributed by atoms with Gasteiger partial charge in [-0.2, -0.15) is 10.1 Å². The number of benzene rings is 2. The Kier molecular flexibility index (Phi) is 7.70. The number of hydrazone groups is 1. The first-order valence-electron chi connectivity index (χ1n) is 10.8. The maximum atomic E-state index is 13.7. The molecule has 1 amide bonds. The van der Waals surface area contributed by atoms with E-state index < -0.39 is 21.7 Å². The molecule has 35 heavy (non-hydrogen) atoms. The molecule has 11 heteroatoms. The molecule has 4 aromatic rings. The van der Waals surface area contributed by atoms with Gasteiger partial charge in [0.2, 0.25) is 15.2 Å². The fourth-order valence-electron chi connectivity index (χ4n) is 3.22. The molecule has 0 saturated heterocycles. The molecule has 0 fully saturated rings. The van der Waals surface area contributed by atoms with Crippen molar-refractivity contribution in [1.82, 2.24) is 9.29 Å². The van der Waals surface area contributed by atoms with E-state index in [1.54, 1.807) is 19.3 Å². The second-order valence-electron chi connectivity index (χ2n) is 7.69. The number of halogens is 1. The monoisotopic (exact) mass is 530 g/mol. The molecule has 0 radical (unpaired) electrons. The van der Waals surface area contributed by atoms with Crippen LogP contribution < -0.4 is 5.01 Å². The molecule has 0 aliphatic rings. The molecule has 0 aliphatic heterocycles. The number of thiazole rings is 1. The number of amides is 1. The van der Waals surface area contributed by atoms with Crippen LogP contribution in [0.1, 0.15) is 35.0 Å². The van der Waals surface area contributed by atoms with Gasteiger partial charge in [0.05, 0.1) is 21.3 Å². The van der Waals surface area contributed by atoms with Crippen molar-refractivity contribution in [1.29, 1.82) is 0 Å². The van der Waals surface area contributed by atoms with Crippen LogP contribution >= 0.6 is 22.7 Å². The van der Waals surface area contributed by atoms with Crippen LogP contribution in [0.2, 0.25) is 0 Å². The molecule has 2 aromatic carbocycles. The third-order valence-electron chi connectivity index (χ3n) is 5.19. The van der Waals surface area contributed by atoms with Crippen molar-refractivity contribution >= 4 is 60.2 Å². The summed E-state index contributed by atoms with van der Waals surface area (Å²) in [7, 11) is -2.11. The molecule has 2 aromatic heterocycles. The molecule has 0 unspecified atom stereocenters. The Morgan fingerprint density at radius 1 is 1.17 bits per heavy atom. The van der Waals surface area contributed by atoms with E-state index >= 15 is 0 Å². The summed E-state index contributed by atoms with van der Waals surface area (Å²) < 4.78 is 41.2. The van der Waals surface area contributed by atoms with Gasteiger partial charge in [-0.1, -0.05) is 30.7 Å². The lowest BCUT2D eigenvalue weighted by molar-refractivity contribution is 0.0987. The van der Waals surface area contributed by atoms with Crippen LogP contribution in [-0.2, 0) is 10.0 Å². The third kappa shape index (κ3) is 5.64. The van der Waals surface area contributed by atoms with E-state index in [1.165, 1.54) is 52.0 Å². The van der Waals surface area contributed by atoms with Crippen molar-refractivity contribution in [2.75, 3.05) is 18.6 Å². The predicted molar refractivity (Wildman–Crippen MR) is 139 cm³/mol. The maximum Gasteiger partial charge on any atom is 0.280 e. The zero-order chi connectivity index (χ0) is 25.0. The van der Waals surface area contributed by atoms with Crippen LogP contribution in [0.4, 0.5) is 9.52 Å². The van der Waals surface area contributed by atoms with Crippen molar-refractivity contribution in [3.63, 3.8) is 0 Å². The molecular weight excluding hydrogens is 507 g/mol. The van der Waals surface area contributed by atoms with Crippen molar-refractivity contribution in [2.45, 2.75) is 24.7 Å². The Morgan fingerprint density at radius 3 is 2.63 bits per heavy atom. The quantitative estimate of drug-likeness (QED) is 0.208. The van der Waals surface area contributed by atoms with Crippen LogP contribution in [0.3, 0.4) is 0 Å². The van der Waals surface area contributed by atoms with Gasteiger partial charge in [-0.15, -0.1) is 11.3 Å². The molecule has 0 N–H and O–H groups in total. The number of hydrogen-bond donors (Lipinski definition) is 0. The Morgan fingerprint density at radius 2 is 1.94 bits per heavy atom. The number of anilines is 1. The lowest BCUT2D eigenvalue weighted by atomic mass is 10.2. The summed E-state index contributed by atoms with van der Waals surface area (Å²) >= 11 is 2.60. The SMILES string of the molecule is CCCCN(C)S(=O)(=O)c1ccc(C(=O)N(/N=C/c2cccs2)c2nc3ccc(F)cc3s2)cc1. The molecule has 2 heterocycles. The normalized spacial score (nSPS) is 12.1. The minimum absolute atomic E-state index is 0.108. The highest BCUT2D eigenvalue weighted by Crippen LogP contribution is 2.31. The Bertz CT molecular complexity index is 1450. The minimum atomic E-state index is -3.65. The van der Waals surface area contributed by atoms with Gasteiger partial charge in [0, 0.05) is 24.0 Å². The molecule has 7 nitrogen and oxygen atoms in total. The smallest absolute Gasteiger partial charge is 0.267 e. The Hall–Kier alpha value is -2.99. The molecular formula is C24H23FN4O3S3. The molecule has 0 spiro atoms. The summed E-state index contributed by atoms with van der Waals surface area (Å²) in [5.74, 6) is -0.881. The second-order valence-corrected chi connectivity index (χ2v) is 11.7. The molecule has 182 valence electrons. The molecule has 0 bridgehead atoms. The fourth-order valence-corrected chi connectivity index (χ4v) is 5.95. The number of carbonyl (C=O) groups excluding carboxylic acids is 1. The average molecular weight is 531 g/mol. The summed E-state index contributed by atoms with van der Waals surface area (Å²) in [5, 5.41) is 7.68. The number of sulfonamides is 1. The number of rotatable bonds is 9. The van der Waals surface area contributed by atoms with Gasteiger partial charge >= 0.3 is 0 Å². The fraction of sp³-hybridized carbons (Fsp3) is 0.208. The Balaban J connectivity index is 1.66. The third-order valence-corrected chi connectivity index (χ3v) is 8.86. The number of hydrogen-bond acceptors (Lipinski definition) is 7. The van der Waals surface area contributed by atoms with Gasteiger partial charge in [0.1, 0.15) is 5.82 Å². The summed E-state index contributed by atoms with van der Waals surface area (Å²) in [6.45, 7) is 2.42. The van der Waals surface area contributed by atoms with Gasteiger partial charge in [0.25, 0.3) is 5.91 Å². The van der Waals surface area contributed by atoms with Gasteiger partial charge in [0.15, 0.2) is 0 Å². The maximum absolute atomic E-state index is 13.7. The zero-order valence-electron chi connectivity index (χ0n) is 19.1. The first kappa shape index (κ1) is 25.1. The van der Waals surface area contributed by atoms with E-state index in [1.807, 2.05) is 24.4 Å². The number of unbranched alkanes of at least 4 members (excludes halogenated alkanes) is 1. The van der Waals surface area contributed by atoms with Crippen LogP contribution in [0, 0.1) is 5.82 Å². The van der Waals surface area contributed by atoms with E-state index in [0.29, 0.717) is 16.8 Å². The minimum Gasteiger partial charge on any atom is -0.267 e. The van der Waals surface area contributed by atoms with E-state index in [2.05, 4.69) is 10.1 Å². The van der Waals surface area contributed by atoms with Crippen LogP contribution in [0.5, 0.6) is 0 Å². The van der Waals surface area contributed by atoms with Gasteiger partial charge < -0.3 is 0 Å². The molecule has 0 saturated carbocycles. The average Bonchev–Trinajstić information content (AvgIpc) is 3.52. The zero-order valence-corrected chi connectivity index (χ0v) is 21.5. The van der Waals surface area contributed by atoms with Crippen LogP contribution in [0.25, 0.3) is 10.2 Å². The number of nitrogens with zero attached hydrogens (tertiary/aromatic N) is 4. The van der Waals surface area contributed by atoms with Crippen molar-refractivity contribution in [2.24, 2.45) is 5.10 Å². The predicted octanol–water partition coefficient (Wildman–Crippen LogP) is 5.60. The molecule has 4 rings (SSSR count). The van der Waals surface area contributed by atoms with E-state index in [0.717, 1.165) is 34.1 Å². The first-order chi connectivity index (χ1) is 16.8. The van der Waals surface area contributed by atoms with Crippen molar-refractivity contribution < 1.29 is 17.6 Å². The van der Waals surface area contributed by atoms with Gasteiger partial charge in [-0.05, 0) is 60.3 Å². The van der Waals surface area contributed by atoms with E-state index in [9.17, 15) is 17.6 Å². The summed E-state index contributed by atoms with van der Waals surface area (Å²) in [5.41, 5.74) is 0.793. The highest BCUT2D eigenvalue weighted by molar-refractivity contribution is 7.89. The molecule has 0 aliphatic carbocycles. The van der Waals surface area contributed by atoms with Crippen LogP contribution in [-0.4, -0.2) is 43.4 Å². The number of carbonyl (C=O) groups is 1. The number of fused-ring (bicyclic) bond motifs is 1.